The first-order chi connectivity index (χ1) is 9.15. The lowest BCUT2D eigenvalue weighted by molar-refractivity contribution is 0.0295. The van der Waals surface area contributed by atoms with Gasteiger partial charge in [-0.25, -0.2) is 8.78 Å². The molecule has 0 aromatic heterocycles. The average Bonchev–Trinajstić information content (AvgIpc) is 2.40. The minimum Gasteiger partial charge on any atom is -0.377 e. The standard InChI is InChI=1S/C15H23F2NO/c1-4-10-18-15(13(5-2)19-6-3)14-11(16)8-7-9-12(14)17/h7-9,13,15,18H,4-6,10H2,1-3H3. The zero-order valence-electron chi connectivity index (χ0n) is 11.9. The molecule has 0 amide bonds. The highest BCUT2D eigenvalue weighted by Crippen LogP contribution is 2.26. The second-order valence-corrected chi connectivity index (χ2v) is 4.47. The first-order valence-corrected chi connectivity index (χ1v) is 6.94. The van der Waals surface area contributed by atoms with Gasteiger partial charge < -0.3 is 10.1 Å². The summed E-state index contributed by atoms with van der Waals surface area (Å²) < 4.78 is 33.5. The maximum Gasteiger partial charge on any atom is 0.131 e. The molecule has 2 unspecified atom stereocenters. The van der Waals surface area contributed by atoms with Crippen LogP contribution in [0.25, 0.3) is 0 Å². The van der Waals surface area contributed by atoms with Crippen molar-refractivity contribution in [1.82, 2.24) is 5.32 Å². The van der Waals surface area contributed by atoms with E-state index in [4.69, 9.17) is 4.74 Å². The van der Waals surface area contributed by atoms with Crippen molar-refractivity contribution in [1.29, 1.82) is 0 Å². The highest BCUT2D eigenvalue weighted by Gasteiger charge is 2.27. The second-order valence-electron chi connectivity index (χ2n) is 4.47. The van der Waals surface area contributed by atoms with Gasteiger partial charge in [0, 0.05) is 12.2 Å². The van der Waals surface area contributed by atoms with Gasteiger partial charge in [0.2, 0.25) is 0 Å². The molecule has 0 aliphatic heterocycles. The third kappa shape index (κ3) is 4.25. The van der Waals surface area contributed by atoms with Gasteiger partial charge in [0.05, 0.1) is 12.1 Å². The number of hydrogen-bond donors (Lipinski definition) is 1. The number of ether oxygens (including phenoxy) is 1. The van der Waals surface area contributed by atoms with Gasteiger partial charge in [-0.2, -0.15) is 0 Å². The number of rotatable bonds is 8. The lowest BCUT2D eigenvalue weighted by atomic mass is 9.98. The molecule has 1 aromatic carbocycles. The van der Waals surface area contributed by atoms with Gasteiger partial charge in [0.25, 0.3) is 0 Å². The van der Waals surface area contributed by atoms with E-state index in [1.807, 2.05) is 20.8 Å². The fourth-order valence-electron chi connectivity index (χ4n) is 2.19. The highest BCUT2D eigenvalue weighted by molar-refractivity contribution is 5.24. The third-order valence-electron chi connectivity index (χ3n) is 3.08. The van der Waals surface area contributed by atoms with E-state index in [1.165, 1.54) is 18.2 Å². The molecule has 0 aliphatic carbocycles. The van der Waals surface area contributed by atoms with Gasteiger partial charge in [0.15, 0.2) is 0 Å². The SMILES string of the molecule is CCCNC(c1c(F)cccc1F)C(CC)OCC. The van der Waals surface area contributed by atoms with E-state index in [9.17, 15) is 8.78 Å². The molecule has 0 saturated carbocycles. The Morgan fingerprint density at radius 1 is 1.16 bits per heavy atom. The fraction of sp³-hybridized carbons (Fsp3) is 0.600. The molecular formula is C15H23F2NO. The van der Waals surface area contributed by atoms with E-state index in [1.54, 1.807) is 0 Å². The van der Waals surface area contributed by atoms with Crippen LogP contribution in [0.1, 0.15) is 45.2 Å². The fourth-order valence-corrected chi connectivity index (χ4v) is 2.19. The third-order valence-corrected chi connectivity index (χ3v) is 3.08. The molecule has 1 aromatic rings. The first-order valence-electron chi connectivity index (χ1n) is 6.94. The lowest BCUT2D eigenvalue weighted by Crippen LogP contribution is -2.35. The van der Waals surface area contributed by atoms with Crippen molar-refractivity contribution in [2.75, 3.05) is 13.2 Å². The van der Waals surface area contributed by atoms with Gasteiger partial charge >= 0.3 is 0 Å². The minimum absolute atomic E-state index is 0.0799. The summed E-state index contributed by atoms with van der Waals surface area (Å²) in [6, 6.07) is 3.51. The Bertz CT molecular complexity index is 364. The van der Waals surface area contributed by atoms with E-state index in [2.05, 4.69) is 5.32 Å². The Morgan fingerprint density at radius 2 is 1.79 bits per heavy atom. The smallest absolute Gasteiger partial charge is 0.131 e. The Morgan fingerprint density at radius 3 is 2.26 bits per heavy atom. The molecule has 4 heteroatoms. The predicted molar refractivity (Wildman–Crippen MR) is 73.1 cm³/mol. The molecule has 1 rings (SSSR count). The Balaban J connectivity index is 3.07. The number of nitrogens with one attached hydrogen (secondary N) is 1. The summed E-state index contributed by atoms with van der Waals surface area (Å²) in [6.07, 6.45) is 1.36. The van der Waals surface area contributed by atoms with Gasteiger partial charge in [-0.15, -0.1) is 0 Å². The summed E-state index contributed by atoms with van der Waals surface area (Å²) in [5, 5.41) is 3.20. The van der Waals surface area contributed by atoms with Gasteiger partial charge in [0.1, 0.15) is 11.6 Å². The first kappa shape index (κ1) is 16.1. The molecule has 0 aliphatic rings. The van der Waals surface area contributed by atoms with Crippen LogP contribution in [-0.4, -0.2) is 19.3 Å². The number of halogens is 2. The van der Waals surface area contributed by atoms with Crippen molar-refractivity contribution in [3.63, 3.8) is 0 Å². The van der Waals surface area contributed by atoms with Crippen molar-refractivity contribution in [3.05, 3.63) is 35.4 Å². The van der Waals surface area contributed by atoms with Crippen molar-refractivity contribution in [2.45, 2.75) is 45.8 Å². The monoisotopic (exact) mass is 271 g/mol. The molecule has 0 heterocycles. The zero-order valence-corrected chi connectivity index (χ0v) is 11.9. The quantitative estimate of drug-likeness (QED) is 0.776. The van der Waals surface area contributed by atoms with Crippen LogP contribution < -0.4 is 5.32 Å². The van der Waals surface area contributed by atoms with Crippen LogP contribution in [0.2, 0.25) is 0 Å². The van der Waals surface area contributed by atoms with Crippen LogP contribution in [0.5, 0.6) is 0 Å². The molecule has 19 heavy (non-hydrogen) atoms. The highest BCUT2D eigenvalue weighted by atomic mass is 19.1. The molecule has 0 bridgehead atoms. The molecule has 0 fully saturated rings. The van der Waals surface area contributed by atoms with Crippen molar-refractivity contribution >= 4 is 0 Å². The summed E-state index contributed by atoms with van der Waals surface area (Å²) in [4.78, 5) is 0. The van der Waals surface area contributed by atoms with Crippen LogP contribution in [0.4, 0.5) is 8.78 Å². The Hall–Kier alpha value is -1.00. The van der Waals surface area contributed by atoms with Crippen LogP contribution >= 0.6 is 0 Å². The van der Waals surface area contributed by atoms with Crippen LogP contribution in [-0.2, 0) is 4.74 Å². The summed E-state index contributed by atoms with van der Waals surface area (Å²) in [7, 11) is 0. The topological polar surface area (TPSA) is 21.3 Å². The van der Waals surface area contributed by atoms with Gasteiger partial charge in [-0.1, -0.05) is 19.9 Å². The van der Waals surface area contributed by atoms with Crippen LogP contribution in [0.15, 0.2) is 18.2 Å². The molecule has 2 atom stereocenters. The molecule has 108 valence electrons. The maximum absolute atomic E-state index is 13.9. The van der Waals surface area contributed by atoms with E-state index in [0.29, 0.717) is 19.6 Å². The van der Waals surface area contributed by atoms with Crippen LogP contribution in [0.3, 0.4) is 0 Å². The summed E-state index contributed by atoms with van der Waals surface area (Å²) in [6.45, 7) is 7.08. The van der Waals surface area contributed by atoms with E-state index in [0.717, 1.165) is 6.42 Å². The van der Waals surface area contributed by atoms with E-state index >= 15 is 0 Å². The summed E-state index contributed by atoms with van der Waals surface area (Å²) >= 11 is 0. The van der Waals surface area contributed by atoms with E-state index < -0.39 is 17.7 Å². The molecule has 0 radical (unpaired) electrons. The summed E-state index contributed by atoms with van der Waals surface area (Å²) in [5.41, 5.74) is 0.0799. The Labute approximate surface area is 114 Å². The molecule has 0 saturated heterocycles. The lowest BCUT2D eigenvalue weighted by Gasteiger charge is -2.28. The van der Waals surface area contributed by atoms with Crippen LogP contribution in [0, 0.1) is 11.6 Å². The van der Waals surface area contributed by atoms with Gasteiger partial charge in [-0.3, -0.25) is 0 Å². The van der Waals surface area contributed by atoms with Crippen molar-refractivity contribution < 1.29 is 13.5 Å². The minimum atomic E-state index is -0.522. The molecular weight excluding hydrogens is 248 g/mol. The van der Waals surface area contributed by atoms with Crippen molar-refractivity contribution in [3.8, 4) is 0 Å². The number of benzene rings is 1. The largest absolute Gasteiger partial charge is 0.377 e. The normalized spacial score (nSPS) is 14.4. The summed E-state index contributed by atoms with van der Waals surface area (Å²) in [5.74, 6) is -1.04. The molecule has 1 N–H and O–H groups in total. The second kappa shape index (κ2) is 8.23. The van der Waals surface area contributed by atoms with Gasteiger partial charge in [-0.05, 0) is 38.4 Å². The molecule has 2 nitrogen and oxygen atoms in total. The van der Waals surface area contributed by atoms with Crippen molar-refractivity contribution in [2.24, 2.45) is 0 Å². The van der Waals surface area contributed by atoms with E-state index in [-0.39, 0.29) is 11.7 Å². The Kier molecular flexibility index (Phi) is 6.95. The molecule has 0 spiro atoms. The maximum atomic E-state index is 13.9. The predicted octanol–water partition coefficient (Wildman–Crippen LogP) is 3.82. The number of hydrogen-bond acceptors (Lipinski definition) is 2. The average molecular weight is 271 g/mol. The zero-order chi connectivity index (χ0) is 14.3.